The highest BCUT2D eigenvalue weighted by Crippen LogP contribution is 2.24. The highest BCUT2D eigenvalue weighted by atomic mass is 32.1. The van der Waals surface area contributed by atoms with Crippen molar-refractivity contribution in [3.05, 3.63) is 24.3 Å². The van der Waals surface area contributed by atoms with E-state index >= 15 is 0 Å². The number of likely N-dealkylation sites (tertiary alicyclic amines) is 1. The van der Waals surface area contributed by atoms with Gasteiger partial charge >= 0.3 is 6.61 Å². The molecule has 30 heavy (non-hydrogen) atoms. The number of nitrogens with zero attached hydrogens (tertiary/aromatic N) is 3. The predicted octanol–water partition coefficient (Wildman–Crippen LogP) is 3.16. The number of alkyl halides is 2. The molecule has 0 aliphatic carbocycles. The third-order valence-corrected chi connectivity index (χ3v) is 5.06. The number of amides is 2. The van der Waals surface area contributed by atoms with Gasteiger partial charge in [-0.15, -0.1) is 0 Å². The Bertz CT molecular complexity index is 839. The van der Waals surface area contributed by atoms with Crippen LogP contribution < -0.4 is 10.1 Å². The van der Waals surface area contributed by atoms with Crippen molar-refractivity contribution in [3.8, 4) is 17.1 Å². The van der Waals surface area contributed by atoms with Gasteiger partial charge in [-0.2, -0.15) is 18.1 Å². The minimum Gasteiger partial charge on any atom is -0.435 e. The lowest BCUT2D eigenvalue weighted by Gasteiger charge is -2.19. The molecule has 0 atom stereocenters. The second-order valence-corrected chi connectivity index (χ2v) is 7.41. The van der Waals surface area contributed by atoms with Gasteiger partial charge in [-0.1, -0.05) is 12.8 Å². The fraction of sp³-hybridized carbons (Fsp3) is 0.474. The van der Waals surface area contributed by atoms with Crippen molar-refractivity contribution in [2.75, 3.05) is 31.6 Å². The van der Waals surface area contributed by atoms with Gasteiger partial charge in [0, 0.05) is 30.2 Å². The molecule has 1 aromatic carbocycles. The Balaban J connectivity index is 1.43. The van der Waals surface area contributed by atoms with Gasteiger partial charge < -0.3 is 14.4 Å². The van der Waals surface area contributed by atoms with E-state index in [0.29, 0.717) is 11.4 Å². The predicted molar refractivity (Wildman–Crippen MR) is 106 cm³/mol. The largest absolute Gasteiger partial charge is 0.435 e. The van der Waals surface area contributed by atoms with Crippen molar-refractivity contribution in [3.63, 3.8) is 0 Å². The standard InChI is InChI=1S/C19H22F2N4O4S/c20-18(21)29-14-7-5-13(6-8-14)17-23-19(30-24-17)22-15(26)11-28-12-16(27)25-9-3-1-2-4-10-25/h5-8,18H,1-4,9-12H2,(H,22,23,24,26). The van der Waals surface area contributed by atoms with Crippen molar-refractivity contribution in [1.29, 1.82) is 0 Å². The van der Waals surface area contributed by atoms with E-state index in [1.54, 1.807) is 17.0 Å². The molecule has 162 valence electrons. The van der Waals surface area contributed by atoms with Crippen LogP contribution in [-0.4, -0.2) is 59.0 Å². The fourth-order valence-electron chi connectivity index (χ4n) is 2.97. The molecule has 0 unspecified atom stereocenters. The average molecular weight is 440 g/mol. The summed E-state index contributed by atoms with van der Waals surface area (Å²) in [4.78, 5) is 30.1. The third-order valence-electron chi connectivity index (χ3n) is 4.43. The molecule has 1 aliphatic rings. The van der Waals surface area contributed by atoms with Gasteiger partial charge in [0.25, 0.3) is 5.91 Å². The Kier molecular flexibility index (Phi) is 8.03. The summed E-state index contributed by atoms with van der Waals surface area (Å²) in [6.07, 6.45) is 4.25. The number of carbonyl (C=O) groups excluding carboxylic acids is 2. The molecular weight excluding hydrogens is 418 g/mol. The monoisotopic (exact) mass is 440 g/mol. The van der Waals surface area contributed by atoms with Gasteiger partial charge in [0.1, 0.15) is 19.0 Å². The first-order valence-electron chi connectivity index (χ1n) is 9.55. The molecule has 0 spiro atoms. The molecule has 3 rings (SSSR count). The Morgan fingerprint density at radius 3 is 2.47 bits per heavy atom. The smallest absolute Gasteiger partial charge is 0.387 e. The lowest BCUT2D eigenvalue weighted by molar-refractivity contribution is -0.137. The van der Waals surface area contributed by atoms with Crippen molar-refractivity contribution >= 4 is 28.5 Å². The molecular formula is C19H22F2N4O4S. The van der Waals surface area contributed by atoms with Crippen molar-refractivity contribution in [2.24, 2.45) is 0 Å². The van der Waals surface area contributed by atoms with E-state index in [0.717, 1.165) is 50.3 Å². The number of rotatable bonds is 8. The van der Waals surface area contributed by atoms with E-state index in [2.05, 4.69) is 19.4 Å². The van der Waals surface area contributed by atoms with Crippen LogP contribution in [0.3, 0.4) is 0 Å². The van der Waals surface area contributed by atoms with Crippen molar-refractivity contribution in [1.82, 2.24) is 14.3 Å². The number of benzene rings is 1. The summed E-state index contributed by atoms with van der Waals surface area (Å²) in [5, 5.41) is 2.83. The van der Waals surface area contributed by atoms with Gasteiger partial charge in [-0.25, -0.2) is 0 Å². The van der Waals surface area contributed by atoms with E-state index < -0.39 is 12.5 Å². The molecule has 2 amide bonds. The van der Waals surface area contributed by atoms with Crippen LogP contribution in [0.5, 0.6) is 5.75 Å². The van der Waals surface area contributed by atoms with Crippen LogP contribution in [0.15, 0.2) is 24.3 Å². The Labute approximate surface area is 176 Å². The van der Waals surface area contributed by atoms with Gasteiger partial charge in [-0.3, -0.25) is 14.9 Å². The molecule has 0 bridgehead atoms. The third kappa shape index (κ3) is 6.70. The molecule has 2 aromatic rings. The highest BCUT2D eigenvalue weighted by molar-refractivity contribution is 7.10. The maximum atomic E-state index is 12.2. The number of aromatic nitrogens is 2. The van der Waals surface area contributed by atoms with Gasteiger partial charge in [0.15, 0.2) is 5.82 Å². The molecule has 0 radical (unpaired) electrons. The minimum atomic E-state index is -2.89. The summed E-state index contributed by atoms with van der Waals surface area (Å²) in [5.74, 6) is -0.176. The number of ether oxygens (including phenoxy) is 2. The average Bonchev–Trinajstić information content (AvgIpc) is 3.00. The number of nitrogens with one attached hydrogen (secondary N) is 1. The normalized spacial score (nSPS) is 14.4. The summed E-state index contributed by atoms with van der Waals surface area (Å²) in [5.41, 5.74) is 0.590. The number of anilines is 1. The number of hydrogen-bond donors (Lipinski definition) is 1. The zero-order valence-electron chi connectivity index (χ0n) is 16.2. The SMILES string of the molecule is O=C(COCC(=O)N1CCCCCC1)Nc1nc(-c2ccc(OC(F)F)cc2)ns1. The van der Waals surface area contributed by atoms with Crippen LogP contribution in [0, 0.1) is 0 Å². The van der Waals surface area contributed by atoms with Gasteiger partial charge in [-0.05, 0) is 37.1 Å². The maximum absolute atomic E-state index is 12.2. The number of carbonyl (C=O) groups is 2. The highest BCUT2D eigenvalue weighted by Gasteiger charge is 2.16. The molecule has 8 nitrogen and oxygen atoms in total. The zero-order chi connectivity index (χ0) is 21.3. The molecule has 1 aromatic heterocycles. The molecule has 1 aliphatic heterocycles. The zero-order valence-corrected chi connectivity index (χ0v) is 17.0. The summed E-state index contributed by atoms with van der Waals surface area (Å²) in [6, 6.07) is 5.86. The second kappa shape index (κ2) is 10.9. The molecule has 1 fully saturated rings. The van der Waals surface area contributed by atoms with Crippen LogP contribution in [0.2, 0.25) is 0 Å². The second-order valence-electron chi connectivity index (χ2n) is 6.66. The summed E-state index contributed by atoms with van der Waals surface area (Å²) < 4.78 is 38.1. The van der Waals surface area contributed by atoms with E-state index in [4.69, 9.17) is 4.74 Å². The lowest BCUT2D eigenvalue weighted by Crippen LogP contribution is -2.35. The molecule has 1 saturated heterocycles. The summed E-state index contributed by atoms with van der Waals surface area (Å²) >= 11 is 0.977. The Morgan fingerprint density at radius 1 is 1.10 bits per heavy atom. The van der Waals surface area contributed by atoms with Gasteiger partial charge in [0.2, 0.25) is 11.0 Å². The molecule has 1 N–H and O–H groups in total. The first kappa shape index (κ1) is 22.0. The lowest BCUT2D eigenvalue weighted by atomic mass is 10.2. The summed E-state index contributed by atoms with van der Waals surface area (Å²) in [7, 11) is 0. The van der Waals surface area contributed by atoms with E-state index in [-0.39, 0.29) is 30.0 Å². The maximum Gasteiger partial charge on any atom is 0.387 e. The van der Waals surface area contributed by atoms with Crippen LogP contribution in [-0.2, 0) is 14.3 Å². The van der Waals surface area contributed by atoms with E-state index in [9.17, 15) is 18.4 Å². The minimum absolute atomic E-state index is 0.0318. The quantitative estimate of drug-likeness (QED) is 0.678. The molecule has 0 saturated carbocycles. The fourth-order valence-corrected chi connectivity index (χ4v) is 3.58. The molecule has 2 heterocycles. The first-order valence-corrected chi connectivity index (χ1v) is 10.3. The van der Waals surface area contributed by atoms with Crippen LogP contribution >= 0.6 is 11.5 Å². The topological polar surface area (TPSA) is 93.7 Å². The first-order chi connectivity index (χ1) is 14.5. The van der Waals surface area contributed by atoms with Gasteiger partial charge in [0.05, 0.1) is 0 Å². The van der Waals surface area contributed by atoms with E-state index in [1.807, 2.05) is 0 Å². The molecule has 11 heteroatoms. The Hall–Kier alpha value is -2.66. The Morgan fingerprint density at radius 2 is 1.80 bits per heavy atom. The van der Waals surface area contributed by atoms with Crippen LogP contribution in [0.4, 0.5) is 13.9 Å². The van der Waals surface area contributed by atoms with Crippen molar-refractivity contribution in [2.45, 2.75) is 32.3 Å². The number of halogens is 2. The summed E-state index contributed by atoms with van der Waals surface area (Å²) in [6.45, 7) is -1.83. The van der Waals surface area contributed by atoms with Crippen LogP contribution in [0.25, 0.3) is 11.4 Å². The van der Waals surface area contributed by atoms with Crippen molar-refractivity contribution < 1.29 is 27.8 Å². The van der Waals surface area contributed by atoms with Crippen LogP contribution in [0.1, 0.15) is 25.7 Å². The number of hydrogen-bond acceptors (Lipinski definition) is 7. The van der Waals surface area contributed by atoms with E-state index in [1.165, 1.54) is 12.1 Å².